The Hall–Kier alpha value is -4.27. The molecule has 0 N–H and O–H groups in total. The lowest BCUT2D eigenvalue weighted by Crippen LogP contribution is -2.45. The molecule has 3 heterocycles. The molecule has 3 aromatic carbocycles. The van der Waals surface area contributed by atoms with Crippen LogP contribution >= 0.6 is 0 Å². The summed E-state index contributed by atoms with van der Waals surface area (Å²) in [5, 5.41) is 0.771. The largest absolute Gasteiger partial charge is 0.452 e. The molecule has 1 fully saturated rings. The maximum atomic E-state index is 13.6. The number of hydrogen-bond donors (Lipinski definition) is 0. The Morgan fingerprint density at radius 3 is 2.51 bits per heavy atom. The van der Waals surface area contributed by atoms with Gasteiger partial charge in [0, 0.05) is 37.7 Å². The van der Waals surface area contributed by atoms with Crippen LogP contribution in [0.4, 0.5) is 0 Å². The van der Waals surface area contributed by atoms with Crippen LogP contribution < -0.4 is 5.69 Å². The molecule has 210 valence electrons. The predicted octanol–water partition coefficient (Wildman–Crippen LogP) is 5.18. The van der Waals surface area contributed by atoms with Crippen molar-refractivity contribution in [1.82, 2.24) is 19.4 Å². The third kappa shape index (κ3) is 5.40. The number of ether oxygens (including phenoxy) is 1. The minimum Gasteiger partial charge on any atom is -0.452 e. The van der Waals surface area contributed by atoms with Crippen molar-refractivity contribution in [3.8, 4) is 22.4 Å². The lowest BCUT2D eigenvalue weighted by Gasteiger charge is -2.32. The van der Waals surface area contributed by atoms with Crippen LogP contribution in [0, 0.1) is 0 Å². The maximum Gasteiger partial charge on any atom is 0.349 e. The van der Waals surface area contributed by atoms with E-state index < -0.39 is 5.69 Å². The van der Waals surface area contributed by atoms with Gasteiger partial charge in [0.1, 0.15) is 23.3 Å². The van der Waals surface area contributed by atoms with E-state index in [0.29, 0.717) is 35.5 Å². The van der Waals surface area contributed by atoms with E-state index >= 15 is 0 Å². The van der Waals surface area contributed by atoms with E-state index in [0.717, 1.165) is 41.5 Å². The summed E-state index contributed by atoms with van der Waals surface area (Å²) in [6.45, 7) is 1.91. The molecule has 1 amide bonds. The maximum absolute atomic E-state index is 13.6. The molecule has 0 spiro atoms. The van der Waals surface area contributed by atoms with Gasteiger partial charge in [-0.2, -0.15) is 4.98 Å². The Kier molecular flexibility index (Phi) is 7.43. The van der Waals surface area contributed by atoms with E-state index in [1.807, 2.05) is 48.5 Å². The summed E-state index contributed by atoms with van der Waals surface area (Å²) in [7, 11) is 5.77. The normalized spacial score (nSPS) is 15.7. The fourth-order valence-corrected chi connectivity index (χ4v) is 5.69. The topological polar surface area (TPSA) is 80.8 Å². The summed E-state index contributed by atoms with van der Waals surface area (Å²) in [5.41, 5.74) is 5.77. The van der Waals surface area contributed by atoms with E-state index in [2.05, 4.69) is 48.2 Å². The number of amides is 1. The van der Waals surface area contributed by atoms with Gasteiger partial charge in [-0.05, 0) is 55.8 Å². The third-order valence-electron chi connectivity index (χ3n) is 7.78. The molecule has 41 heavy (non-hydrogen) atoms. The van der Waals surface area contributed by atoms with E-state index in [4.69, 9.17) is 9.15 Å². The van der Waals surface area contributed by atoms with Crippen molar-refractivity contribution in [3.63, 3.8) is 0 Å². The highest BCUT2D eigenvalue weighted by molar-refractivity contribution is 6.08. The summed E-state index contributed by atoms with van der Waals surface area (Å²) in [5.74, 6) is -0.133. The monoisotopic (exact) mass is 550 g/mol. The number of fused-ring (bicyclic) bond motifs is 3. The molecule has 1 aliphatic rings. The average molecular weight is 551 g/mol. The molecule has 0 aliphatic carbocycles. The van der Waals surface area contributed by atoms with Crippen molar-refractivity contribution in [2.75, 3.05) is 34.3 Å². The number of carbonyl (C=O) groups is 1. The van der Waals surface area contributed by atoms with Crippen LogP contribution in [0.15, 0.2) is 82.0 Å². The van der Waals surface area contributed by atoms with Gasteiger partial charge in [0.05, 0.1) is 6.10 Å². The highest BCUT2D eigenvalue weighted by atomic mass is 16.5. The van der Waals surface area contributed by atoms with E-state index in [9.17, 15) is 9.59 Å². The molecule has 1 unspecified atom stereocenters. The molecule has 8 nitrogen and oxygen atoms in total. The molecule has 1 saturated heterocycles. The first-order chi connectivity index (χ1) is 19.9. The highest BCUT2D eigenvalue weighted by Crippen LogP contribution is 2.36. The lowest BCUT2D eigenvalue weighted by molar-refractivity contribution is -0.135. The minimum absolute atomic E-state index is 0.00412. The van der Waals surface area contributed by atoms with Crippen LogP contribution in [0.2, 0.25) is 0 Å². The Balaban J connectivity index is 1.48. The number of rotatable bonds is 7. The number of benzene rings is 3. The molecular weight excluding hydrogens is 516 g/mol. The molecule has 1 atom stereocenters. The second-order valence-electron chi connectivity index (χ2n) is 11.0. The number of furan rings is 1. The van der Waals surface area contributed by atoms with E-state index in [1.54, 1.807) is 12.0 Å². The number of carbonyl (C=O) groups excluding carboxylic acids is 1. The number of hydrogen-bond acceptors (Lipinski definition) is 6. The van der Waals surface area contributed by atoms with Gasteiger partial charge >= 0.3 is 5.69 Å². The van der Waals surface area contributed by atoms with Crippen LogP contribution in [-0.4, -0.2) is 65.7 Å². The quantitative estimate of drug-likeness (QED) is 0.278. The summed E-state index contributed by atoms with van der Waals surface area (Å²) in [4.78, 5) is 35.4. The Morgan fingerprint density at radius 2 is 1.78 bits per heavy atom. The fourth-order valence-electron chi connectivity index (χ4n) is 5.69. The summed E-state index contributed by atoms with van der Waals surface area (Å²) >= 11 is 0. The van der Waals surface area contributed by atoms with Gasteiger partial charge < -0.3 is 19.0 Å². The Labute approximate surface area is 238 Å². The zero-order valence-electron chi connectivity index (χ0n) is 23.7. The Morgan fingerprint density at radius 1 is 1.02 bits per heavy atom. The van der Waals surface area contributed by atoms with Crippen molar-refractivity contribution in [2.24, 2.45) is 0 Å². The molecule has 0 saturated carbocycles. The van der Waals surface area contributed by atoms with Crippen molar-refractivity contribution in [3.05, 3.63) is 88.8 Å². The summed E-state index contributed by atoms with van der Waals surface area (Å²) in [6, 6.07) is 24.0. The van der Waals surface area contributed by atoms with Gasteiger partial charge in [-0.1, -0.05) is 60.7 Å². The van der Waals surface area contributed by atoms with Gasteiger partial charge in [0.2, 0.25) is 5.91 Å². The van der Waals surface area contributed by atoms with Crippen LogP contribution in [0.25, 0.3) is 44.5 Å². The first kappa shape index (κ1) is 26.9. The third-order valence-corrected chi connectivity index (χ3v) is 7.78. The molecule has 0 radical (unpaired) electrons. The van der Waals surface area contributed by atoms with Crippen LogP contribution in [-0.2, 0) is 22.6 Å². The van der Waals surface area contributed by atoms with Gasteiger partial charge in [-0.25, -0.2) is 4.79 Å². The molecular formula is C33H34N4O4. The van der Waals surface area contributed by atoms with Crippen molar-refractivity contribution < 1.29 is 13.9 Å². The number of aromatic nitrogens is 2. The van der Waals surface area contributed by atoms with Crippen LogP contribution in [0.5, 0.6) is 0 Å². The Bertz CT molecular complexity index is 1760. The highest BCUT2D eigenvalue weighted by Gasteiger charge is 2.26. The van der Waals surface area contributed by atoms with Gasteiger partial charge in [-0.3, -0.25) is 9.36 Å². The molecule has 1 aliphatic heterocycles. The fraction of sp³-hybridized carbons (Fsp3) is 0.303. The van der Waals surface area contributed by atoms with Crippen LogP contribution in [0.3, 0.4) is 0 Å². The van der Waals surface area contributed by atoms with Crippen molar-refractivity contribution >= 4 is 28.0 Å². The van der Waals surface area contributed by atoms with E-state index in [1.165, 1.54) is 10.1 Å². The number of piperidine rings is 1. The molecule has 8 heteroatoms. The zero-order chi connectivity index (χ0) is 28.5. The zero-order valence-corrected chi connectivity index (χ0v) is 23.7. The van der Waals surface area contributed by atoms with Crippen molar-refractivity contribution in [2.45, 2.75) is 32.0 Å². The second-order valence-corrected chi connectivity index (χ2v) is 11.0. The number of nitrogens with zero attached hydrogens (tertiary/aromatic N) is 4. The lowest BCUT2D eigenvalue weighted by atomic mass is 10.0. The SMILES string of the molecule is COC1CCCN(C(=O)Cn2c(=O)nc(-c3ccccc3)c3oc4ccc(-c5ccc(CN(C)C)cc5)cc4c32)C1. The van der Waals surface area contributed by atoms with Gasteiger partial charge in [0.25, 0.3) is 0 Å². The molecule has 0 bridgehead atoms. The van der Waals surface area contributed by atoms with E-state index in [-0.39, 0.29) is 18.6 Å². The van der Waals surface area contributed by atoms with Crippen molar-refractivity contribution in [1.29, 1.82) is 0 Å². The smallest absolute Gasteiger partial charge is 0.349 e. The molecule has 2 aromatic heterocycles. The average Bonchev–Trinajstić information content (AvgIpc) is 3.37. The minimum atomic E-state index is -0.480. The number of methoxy groups -OCH3 is 1. The summed E-state index contributed by atoms with van der Waals surface area (Å²) in [6.07, 6.45) is 1.79. The first-order valence-electron chi connectivity index (χ1n) is 14.0. The second kappa shape index (κ2) is 11.3. The summed E-state index contributed by atoms with van der Waals surface area (Å²) < 4.78 is 13.4. The van der Waals surface area contributed by atoms with Gasteiger partial charge in [0.15, 0.2) is 5.58 Å². The number of likely N-dealkylation sites (tertiary alicyclic amines) is 1. The first-order valence-corrected chi connectivity index (χ1v) is 14.0. The van der Waals surface area contributed by atoms with Gasteiger partial charge in [-0.15, -0.1) is 0 Å². The predicted molar refractivity (Wildman–Crippen MR) is 161 cm³/mol. The van der Waals surface area contributed by atoms with Crippen LogP contribution in [0.1, 0.15) is 18.4 Å². The molecule has 6 rings (SSSR count). The standard InChI is InChI=1S/C33H34N4O4/c1-35(2)19-22-11-13-23(14-12-22)25-15-16-28-27(18-25)31-32(41-28)30(24-8-5-4-6-9-24)34-33(39)37(31)21-29(38)36-17-7-10-26(20-36)40-3/h4-6,8-9,11-16,18,26H,7,10,17,19-21H2,1-3H3. The molecule has 5 aromatic rings.